The maximum atomic E-state index is 12.6. The lowest BCUT2D eigenvalue weighted by Gasteiger charge is -2.29. The Morgan fingerprint density at radius 2 is 1.88 bits per heavy atom. The third-order valence-electron chi connectivity index (χ3n) is 4.75. The second-order valence-corrected chi connectivity index (χ2v) is 12.6. The molecule has 1 heterocycles. The number of alkyl halides is 3. The van der Waals surface area contributed by atoms with Crippen LogP contribution in [0.4, 0.5) is 0 Å². The third kappa shape index (κ3) is 5.53. The van der Waals surface area contributed by atoms with E-state index in [9.17, 15) is 13.2 Å². The van der Waals surface area contributed by atoms with Gasteiger partial charge in [0.25, 0.3) is 0 Å². The summed E-state index contributed by atoms with van der Waals surface area (Å²) in [5, 5.41) is 5.61. The van der Waals surface area contributed by atoms with Crippen molar-refractivity contribution in [1.82, 2.24) is 10.6 Å². The summed E-state index contributed by atoms with van der Waals surface area (Å²) < 4.78 is 21.4. The predicted molar refractivity (Wildman–Crippen MR) is 103 cm³/mol. The van der Waals surface area contributed by atoms with Gasteiger partial charge in [0.15, 0.2) is 9.84 Å². The monoisotopic (exact) mass is 470 g/mol. The summed E-state index contributed by atoms with van der Waals surface area (Å²) in [5.41, 5.74) is -0.325. The predicted octanol–water partition coefficient (Wildman–Crippen LogP) is 3.17. The highest BCUT2D eigenvalue weighted by molar-refractivity contribution is 7.91. The number of hydrogen-bond donors (Lipinski definition) is 2. The standard InChI is InChI=1S/C14H19Cl5N2O3S/c1-13(2)8(5-9(15)16)10(13)11(22)21-12(14(17,18)19)20-7-3-4-25(23,24)6-7/h5,7-8,10,12,20H,3-4,6H2,1-2H3,(H,21,22)/t7-,8+,10+,12-/m1/s1. The molecule has 2 N–H and O–H groups in total. The summed E-state index contributed by atoms with van der Waals surface area (Å²) in [6.07, 6.45) is 1.00. The lowest BCUT2D eigenvalue weighted by Crippen LogP contribution is -2.57. The van der Waals surface area contributed by atoms with E-state index in [2.05, 4.69) is 10.6 Å². The summed E-state index contributed by atoms with van der Waals surface area (Å²) in [4.78, 5) is 12.6. The minimum absolute atomic E-state index is 0.0533. The van der Waals surface area contributed by atoms with Gasteiger partial charge in [0, 0.05) is 6.04 Å². The van der Waals surface area contributed by atoms with Crippen molar-refractivity contribution < 1.29 is 13.2 Å². The van der Waals surface area contributed by atoms with Gasteiger partial charge in [-0.3, -0.25) is 10.1 Å². The topological polar surface area (TPSA) is 75.3 Å². The smallest absolute Gasteiger partial charge is 0.225 e. The molecule has 2 fully saturated rings. The van der Waals surface area contributed by atoms with Crippen LogP contribution in [0.1, 0.15) is 20.3 Å². The molecule has 11 heteroatoms. The number of rotatable bonds is 5. The molecule has 25 heavy (non-hydrogen) atoms. The normalized spacial score (nSPS) is 31.2. The summed E-state index contributed by atoms with van der Waals surface area (Å²) in [6.45, 7) is 3.83. The molecule has 0 radical (unpaired) electrons. The van der Waals surface area contributed by atoms with Crippen molar-refractivity contribution in [3.8, 4) is 0 Å². The van der Waals surface area contributed by atoms with Gasteiger partial charge in [-0.25, -0.2) is 8.42 Å². The number of halogens is 5. The molecule has 1 saturated heterocycles. The van der Waals surface area contributed by atoms with E-state index in [1.54, 1.807) is 6.08 Å². The molecule has 144 valence electrons. The highest BCUT2D eigenvalue weighted by Gasteiger charge is 2.61. The number of carbonyl (C=O) groups excluding carboxylic acids is 1. The van der Waals surface area contributed by atoms with Crippen LogP contribution in [0.5, 0.6) is 0 Å². The first kappa shape index (κ1) is 21.9. The second kappa shape index (κ2) is 7.53. The van der Waals surface area contributed by atoms with Crippen LogP contribution in [0, 0.1) is 17.3 Å². The molecule has 1 aliphatic carbocycles. The van der Waals surface area contributed by atoms with Gasteiger partial charge < -0.3 is 5.32 Å². The zero-order chi connectivity index (χ0) is 19.2. The molecular weight excluding hydrogens is 453 g/mol. The third-order valence-corrected chi connectivity index (χ3v) is 7.42. The van der Waals surface area contributed by atoms with Gasteiger partial charge >= 0.3 is 0 Å². The molecule has 0 spiro atoms. The number of amides is 1. The number of carbonyl (C=O) groups is 1. The molecule has 1 amide bonds. The zero-order valence-electron chi connectivity index (χ0n) is 13.5. The molecule has 0 aromatic carbocycles. The van der Waals surface area contributed by atoms with Crippen LogP contribution in [0.2, 0.25) is 0 Å². The first-order valence-corrected chi connectivity index (χ1v) is 11.3. The maximum Gasteiger partial charge on any atom is 0.225 e. The van der Waals surface area contributed by atoms with Crippen molar-refractivity contribution in [2.75, 3.05) is 11.5 Å². The molecule has 0 bridgehead atoms. The van der Waals surface area contributed by atoms with Gasteiger partial charge in [-0.1, -0.05) is 71.9 Å². The summed E-state index contributed by atoms with van der Waals surface area (Å²) in [5.74, 6) is -0.792. The highest BCUT2D eigenvalue weighted by atomic mass is 35.6. The van der Waals surface area contributed by atoms with Gasteiger partial charge in [-0.15, -0.1) is 0 Å². The van der Waals surface area contributed by atoms with E-state index in [4.69, 9.17) is 58.0 Å². The maximum absolute atomic E-state index is 12.6. The lowest BCUT2D eigenvalue weighted by atomic mass is 10.1. The summed E-state index contributed by atoms with van der Waals surface area (Å²) in [6, 6.07) is -0.383. The molecular formula is C14H19Cl5N2O3S. The second-order valence-electron chi connectivity index (χ2n) is 7.03. The Morgan fingerprint density at radius 3 is 2.32 bits per heavy atom. The first-order valence-electron chi connectivity index (χ1n) is 7.60. The van der Waals surface area contributed by atoms with Crippen LogP contribution in [-0.2, 0) is 14.6 Å². The van der Waals surface area contributed by atoms with Crippen molar-refractivity contribution >= 4 is 73.7 Å². The Labute approximate surface area is 172 Å². The summed E-state index contributed by atoms with van der Waals surface area (Å²) in [7, 11) is -3.10. The number of sulfone groups is 1. The summed E-state index contributed by atoms with van der Waals surface area (Å²) >= 11 is 29.3. The van der Waals surface area contributed by atoms with Gasteiger partial charge in [0.1, 0.15) is 10.7 Å². The van der Waals surface area contributed by atoms with Crippen molar-refractivity contribution in [3.05, 3.63) is 10.6 Å². The fourth-order valence-corrected chi connectivity index (χ4v) is 5.55. The number of allylic oxidation sites excluding steroid dienone is 1. The molecule has 5 nitrogen and oxygen atoms in total. The molecule has 4 atom stereocenters. The largest absolute Gasteiger partial charge is 0.336 e. The van der Waals surface area contributed by atoms with Crippen molar-refractivity contribution in [2.45, 2.75) is 36.3 Å². The van der Waals surface area contributed by atoms with Crippen LogP contribution < -0.4 is 10.6 Å². The first-order chi connectivity index (χ1) is 11.2. The van der Waals surface area contributed by atoms with Crippen LogP contribution in [0.15, 0.2) is 10.6 Å². The van der Waals surface area contributed by atoms with Crippen LogP contribution in [-0.4, -0.2) is 41.8 Å². The van der Waals surface area contributed by atoms with Crippen molar-refractivity contribution in [2.24, 2.45) is 17.3 Å². The van der Waals surface area contributed by atoms with E-state index in [-0.39, 0.29) is 45.2 Å². The quantitative estimate of drug-likeness (QED) is 0.476. The molecule has 0 aromatic heterocycles. The Bertz CT molecular complexity index is 670. The number of nitrogens with one attached hydrogen (secondary N) is 2. The van der Waals surface area contributed by atoms with Crippen LogP contribution in [0.25, 0.3) is 0 Å². The van der Waals surface area contributed by atoms with Gasteiger partial charge in [-0.05, 0) is 23.8 Å². The van der Waals surface area contributed by atoms with E-state index >= 15 is 0 Å². The Morgan fingerprint density at radius 1 is 1.28 bits per heavy atom. The van der Waals surface area contributed by atoms with Crippen LogP contribution in [0.3, 0.4) is 0 Å². The van der Waals surface area contributed by atoms with Gasteiger partial charge in [-0.2, -0.15) is 0 Å². The van der Waals surface area contributed by atoms with Crippen molar-refractivity contribution in [3.63, 3.8) is 0 Å². The van der Waals surface area contributed by atoms with Gasteiger partial charge in [0.2, 0.25) is 9.70 Å². The zero-order valence-corrected chi connectivity index (χ0v) is 18.1. The Kier molecular flexibility index (Phi) is 6.59. The van der Waals surface area contributed by atoms with Gasteiger partial charge in [0.05, 0.1) is 17.4 Å². The Balaban J connectivity index is 2.06. The van der Waals surface area contributed by atoms with E-state index in [0.717, 1.165) is 0 Å². The molecule has 1 saturated carbocycles. The molecule has 2 aliphatic rings. The molecule has 2 rings (SSSR count). The van der Waals surface area contributed by atoms with Crippen molar-refractivity contribution in [1.29, 1.82) is 0 Å². The van der Waals surface area contributed by atoms with E-state index in [1.807, 2.05) is 13.8 Å². The lowest BCUT2D eigenvalue weighted by molar-refractivity contribution is -0.124. The minimum atomic E-state index is -3.10. The molecule has 1 aliphatic heterocycles. The number of hydrogen-bond acceptors (Lipinski definition) is 4. The fourth-order valence-electron chi connectivity index (χ4n) is 3.24. The van der Waals surface area contributed by atoms with E-state index in [1.165, 1.54) is 0 Å². The fraction of sp³-hybridized carbons (Fsp3) is 0.786. The molecule has 0 unspecified atom stereocenters. The van der Waals surface area contributed by atoms with E-state index in [0.29, 0.717) is 6.42 Å². The SMILES string of the molecule is CC1(C)[C@H](C(=O)N[C@@H](N[C@@H]2CCS(=O)(=O)C2)C(Cl)(Cl)Cl)[C@@H]1C=C(Cl)Cl. The Hall–Kier alpha value is 0.570. The highest BCUT2D eigenvalue weighted by Crippen LogP contribution is 2.59. The van der Waals surface area contributed by atoms with Crippen LogP contribution >= 0.6 is 58.0 Å². The minimum Gasteiger partial charge on any atom is -0.336 e. The average Bonchev–Trinajstić information content (AvgIpc) is 2.75. The van der Waals surface area contributed by atoms with E-state index < -0.39 is 19.8 Å². The molecule has 0 aromatic rings. The average molecular weight is 473 g/mol.